The minimum absolute atomic E-state index is 0.0750. The summed E-state index contributed by atoms with van der Waals surface area (Å²) < 4.78 is 12.7. The molecule has 1 aliphatic heterocycles. The maximum absolute atomic E-state index is 12.9. The highest BCUT2D eigenvalue weighted by atomic mass is 32.1. The van der Waals surface area contributed by atoms with E-state index in [0.29, 0.717) is 17.9 Å². The molecule has 3 aromatic rings. The molecule has 0 spiro atoms. The molecule has 1 unspecified atom stereocenters. The van der Waals surface area contributed by atoms with Gasteiger partial charge in [-0.3, -0.25) is 9.20 Å². The average Bonchev–Trinajstić information content (AvgIpc) is 3.36. The first-order valence-corrected chi connectivity index (χ1v) is 9.50. The molecule has 0 aliphatic carbocycles. The van der Waals surface area contributed by atoms with Crippen molar-refractivity contribution in [1.29, 1.82) is 0 Å². The first-order chi connectivity index (χ1) is 12.7. The summed E-state index contributed by atoms with van der Waals surface area (Å²) in [7, 11) is 3.25. The van der Waals surface area contributed by atoms with Crippen LogP contribution in [0.2, 0.25) is 0 Å². The molecule has 3 heterocycles. The number of benzene rings is 1. The van der Waals surface area contributed by atoms with Gasteiger partial charge < -0.3 is 14.4 Å². The van der Waals surface area contributed by atoms with Gasteiger partial charge in [-0.2, -0.15) is 0 Å². The van der Waals surface area contributed by atoms with E-state index in [4.69, 9.17) is 9.47 Å². The molecule has 1 aromatic carbocycles. The second-order valence-electron chi connectivity index (χ2n) is 6.36. The zero-order valence-electron chi connectivity index (χ0n) is 14.8. The van der Waals surface area contributed by atoms with Gasteiger partial charge >= 0.3 is 0 Å². The second-order valence-corrected chi connectivity index (χ2v) is 7.23. The molecule has 136 valence electrons. The van der Waals surface area contributed by atoms with E-state index < -0.39 is 0 Å². The summed E-state index contributed by atoms with van der Waals surface area (Å²) in [6, 6.07) is 5.97. The van der Waals surface area contributed by atoms with Crippen LogP contribution in [0.25, 0.3) is 4.96 Å². The first-order valence-electron chi connectivity index (χ1n) is 8.62. The lowest BCUT2D eigenvalue weighted by Crippen LogP contribution is -2.31. The molecule has 1 atom stereocenters. The Bertz CT molecular complexity index is 905. The van der Waals surface area contributed by atoms with Crippen molar-refractivity contribution in [2.75, 3.05) is 20.8 Å². The first kappa shape index (κ1) is 16.9. The number of likely N-dealkylation sites (tertiary alicyclic amines) is 1. The molecular formula is C19H21N3O3S. The van der Waals surface area contributed by atoms with Crippen LogP contribution in [0.1, 0.15) is 30.1 Å². The van der Waals surface area contributed by atoms with Gasteiger partial charge in [0.15, 0.2) is 16.5 Å². The number of hydrogen-bond donors (Lipinski definition) is 0. The molecule has 6 nitrogen and oxygen atoms in total. The summed E-state index contributed by atoms with van der Waals surface area (Å²) in [5, 5.41) is 1.99. The van der Waals surface area contributed by atoms with E-state index in [1.165, 1.54) is 0 Å². The quantitative estimate of drug-likeness (QED) is 0.690. The molecule has 0 radical (unpaired) electrons. The lowest BCUT2D eigenvalue weighted by Gasteiger charge is -2.25. The van der Waals surface area contributed by atoms with Gasteiger partial charge in [-0.1, -0.05) is 6.07 Å². The number of thiazole rings is 1. The van der Waals surface area contributed by atoms with Crippen LogP contribution in [-0.4, -0.2) is 41.0 Å². The van der Waals surface area contributed by atoms with Crippen LogP contribution in [0.15, 0.2) is 36.0 Å². The maximum Gasteiger partial charge on any atom is 0.229 e. The monoisotopic (exact) mass is 371 g/mol. The van der Waals surface area contributed by atoms with Crippen molar-refractivity contribution in [3.63, 3.8) is 0 Å². The van der Waals surface area contributed by atoms with Crippen LogP contribution in [0.5, 0.6) is 11.5 Å². The third-order valence-electron chi connectivity index (χ3n) is 4.84. The lowest BCUT2D eigenvalue weighted by molar-refractivity contribution is -0.131. The number of imidazole rings is 1. The summed E-state index contributed by atoms with van der Waals surface area (Å²) in [4.78, 5) is 20.3. The van der Waals surface area contributed by atoms with E-state index in [-0.39, 0.29) is 11.9 Å². The Morgan fingerprint density at radius 1 is 1.31 bits per heavy atom. The van der Waals surface area contributed by atoms with Gasteiger partial charge in [0.25, 0.3) is 0 Å². The van der Waals surface area contributed by atoms with Crippen molar-refractivity contribution in [3.8, 4) is 11.5 Å². The SMILES string of the molecule is COc1ccc(C2CCCN2C(=O)Cc2cn3ccsc3n2)cc1OC. The molecule has 0 saturated carbocycles. The molecule has 2 aromatic heterocycles. The lowest BCUT2D eigenvalue weighted by atomic mass is 10.0. The predicted molar refractivity (Wildman–Crippen MR) is 100 cm³/mol. The van der Waals surface area contributed by atoms with Gasteiger partial charge in [-0.25, -0.2) is 4.98 Å². The van der Waals surface area contributed by atoms with Crippen LogP contribution in [0.4, 0.5) is 0 Å². The van der Waals surface area contributed by atoms with E-state index in [1.54, 1.807) is 25.6 Å². The van der Waals surface area contributed by atoms with Crippen LogP contribution >= 0.6 is 11.3 Å². The van der Waals surface area contributed by atoms with E-state index in [9.17, 15) is 4.79 Å². The van der Waals surface area contributed by atoms with Crippen molar-refractivity contribution >= 4 is 22.2 Å². The maximum atomic E-state index is 12.9. The fraction of sp³-hybridized carbons (Fsp3) is 0.368. The van der Waals surface area contributed by atoms with Gasteiger partial charge in [-0.05, 0) is 30.5 Å². The Hall–Kier alpha value is -2.54. The highest BCUT2D eigenvalue weighted by Crippen LogP contribution is 2.37. The Morgan fingerprint density at radius 2 is 2.15 bits per heavy atom. The summed E-state index contributed by atoms with van der Waals surface area (Å²) in [5.74, 6) is 1.51. The molecule has 1 saturated heterocycles. The van der Waals surface area contributed by atoms with E-state index >= 15 is 0 Å². The summed E-state index contributed by atoms with van der Waals surface area (Å²) in [6.07, 6.45) is 6.19. The number of fused-ring (bicyclic) bond motifs is 1. The zero-order valence-corrected chi connectivity index (χ0v) is 15.7. The van der Waals surface area contributed by atoms with E-state index in [2.05, 4.69) is 4.98 Å². The minimum atomic E-state index is 0.0750. The van der Waals surface area contributed by atoms with Crippen molar-refractivity contribution in [2.45, 2.75) is 25.3 Å². The van der Waals surface area contributed by atoms with Crippen LogP contribution < -0.4 is 9.47 Å². The number of ether oxygens (including phenoxy) is 2. The number of carbonyl (C=O) groups excluding carboxylic acids is 1. The van der Waals surface area contributed by atoms with E-state index in [1.807, 2.05) is 45.3 Å². The molecule has 4 rings (SSSR count). The number of amides is 1. The second kappa shape index (κ2) is 6.99. The fourth-order valence-corrected chi connectivity index (χ4v) is 4.31. The van der Waals surface area contributed by atoms with E-state index in [0.717, 1.165) is 35.6 Å². The van der Waals surface area contributed by atoms with Crippen LogP contribution in [0.3, 0.4) is 0 Å². The Morgan fingerprint density at radius 3 is 2.92 bits per heavy atom. The highest BCUT2D eigenvalue weighted by Gasteiger charge is 2.30. The molecule has 7 heteroatoms. The standard InChI is InChI=1S/C19H21N3O3S/c1-24-16-6-5-13(10-17(16)25-2)15-4-3-7-22(15)18(23)11-14-12-21-8-9-26-19(21)20-14/h5-6,8-10,12,15H,3-4,7,11H2,1-2H3. The number of carbonyl (C=O) groups is 1. The van der Waals surface area contributed by atoms with Crippen molar-refractivity contribution in [2.24, 2.45) is 0 Å². The van der Waals surface area contributed by atoms with Crippen LogP contribution in [-0.2, 0) is 11.2 Å². The Labute approximate surface area is 156 Å². The third-order valence-corrected chi connectivity index (χ3v) is 5.61. The largest absolute Gasteiger partial charge is 0.493 e. The third kappa shape index (κ3) is 3.03. The molecule has 0 bridgehead atoms. The van der Waals surface area contributed by atoms with Gasteiger partial charge in [0.2, 0.25) is 5.91 Å². The Balaban J connectivity index is 1.54. The van der Waals surface area contributed by atoms with Crippen molar-refractivity contribution in [1.82, 2.24) is 14.3 Å². The van der Waals surface area contributed by atoms with Crippen LogP contribution in [0, 0.1) is 0 Å². The summed E-state index contributed by atoms with van der Waals surface area (Å²) >= 11 is 1.57. The summed E-state index contributed by atoms with van der Waals surface area (Å²) in [5.41, 5.74) is 1.90. The number of rotatable bonds is 5. The average molecular weight is 371 g/mol. The molecule has 1 aliphatic rings. The summed E-state index contributed by atoms with van der Waals surface area (Å²) in [6.45, 7) is 0.778. The topological polar surface area (TPSA) is 56.1 Å². The van der Waals surface area contributed by atoms with Gasteiger partial charge in [-0.15, -0.1) is 11.3 Å². The molecule has 1 amide bonds. The van der Waals surface area contributed by atoms with Gasteiger partial charge in [0.1, 0.15) is 0 Å². The molecule has 0 N–H and O–H groups in total. The number of nitrogens with zero attached hydrogens (tertiary/aromatic N) is 3. The molecule has 26 heavy (non-hydrogen) atoms. The van der Waals surface area contributed by atoms with Crippen molar-refractivity contribution < 1.29 is 14.3 Å². The normalized spacial score (nSPS) is 17.0. The fourth-order valence-electron chi connectivity index (χ4n) is 3.59. The van der Waals surface area contributed by atoms with Gasteiger partial charge in [0.05, 0.1) is 32.4 Å². The predicted octanol–water partition coefficient (Wildman–Crippen LogP) is 3.32. The molecular weight excluding hydrogens is 350 g/mol. The number of methoxy groups -OCH3 is 2. The number of aromatic nitrogens is 2. The zero-order chi connectivity index (χ0) is 18.1. The number of hydrogen-bond acceptors (Lipinski definition) is 5. The van der Waals surface area contributed by atoms with Gasteiger partial charge in [0, 0.05) is 24.3 Å². The highest BCUT2D eigenvalue weighted by molar-refractivity contribution is 7.15. The van der Waals surface area contributed by atoms with Crippen molar-refractivity contribution in [3.05, 3.63) is 47.2 Å². The molecule has 1 fully saturated rings. The minimum Gasteiger partial charge on any atom is -0.493 e. The smallest absolute Gasteiger partial charge is 0.229 e. The Kier molecular flexibility index (Phi) is 4.55.